The molecular formula is C15H12BrNO3S. The number of carboxylic acids is 1. The minimum absolute atomic E-state index is 0.109. The van der Waals surface area contributed by atoms with Gasteiger partial charge in [-0.1, -0.05) is 15.9 Å². The van der Waals surface area contributed by atoms with Crippen molar-refractivity contribution in [2.75, 3.05) is 5.32 Å². The van der Waals surface area contributed by atoms with Crippen LogP contribution in [0.5, 0.6) is 0 Å². The Morgan fingerprint density at radius 2 is 2.05 bits per heavy atom. The average Bonchev–Trinajstić information content (AvgIpc) is 2.81. The zero-order valence-electron chi connectivity index (χ0n) is 11.1. The topological polar surface area (TPSA) is 66.4 Å². The third-order valence-electron chi connectivity index (χ3n) is 2.57. The van der Waals surface area contributed by atoms with Crippen LogP contribution < -0.4 is 5.32 Å². The molecule has 0 aliphatic carbocycles. The SMILES string of the molecule is Cc1ccc(/C=C/C(=O)Nc2cc(Br)cc(C(=O)O)c2)s1. The summed E-state index contributed by atoms with van der Waals surface area (Å²) in [5, 5.41) is 11.6. The second-order valence-corrected chi connectivity index (χ2v) is 6.54. The van der Waals surface area contributed by atoms with Crippen molar-refractivity contribution < 1.29 is 14.7 Å². The summed E-state index contributed by atoms with van der Waals surface area (Å²) in [5.41, 5.74) is 0.538. The van der Waals surface area contributed by atoms with Crippen LogP contribution >= 0.6 is 27.3 Å². The van der Waals surface area contributed by atoms with Gasteiger partial charge in [0.05, 0.1) is 5.56 Å². The smallest absolute Gasteiger partial charge is 0.335 e. The summed E-state index contributed by atoms with van der Waals surface area (Å²) in [5.74, 6) is -1.35. The maximum atomic E-state index is 11.8. The molecule has 0 atom stereocenters. The largest absolute Gasteiger partial charge is 0.478 e. The lowest BCUT2D eigenvalue weighted by Gasteiger charge is -2.04. The van der Waals surface area contributed by atoms with E-state index in [4.69, 9.17) is 5.11 Å². The van der Waals surface area contributed by atoms with Crippen LogP contribution in [0.3, 0.4) is 0 Å². The Morgan fingerprint density at radius 1 is 1.29 bits per heavy atom. The van der Waals surface area contributed by atoms with E-state index in [0.29, 0.717) is 10.2 Å². The van der Waals surface area contributed by atoms with Gasteiger partial charge in [0.1, 0.15) is 0 Å². The molecule has 0 bridgehead atoms. The summed E-state index contributed by atoms with van der Waals surface area (Å²) in [4.78, 5) is 25.0. The highest BCUT2D eigenvalue weighted by Crippen LogP contribution is 2.20. The van der Waals surface area contributed by atoms with Crippen LogP contribution in [0.1, 0.15) is 20.1 Å². The molecule has 1 heterocycles. The Morgan fingerprint density at radius 3 is 2.67 bits per heavy atom. The van der Waals surface area contributed by atoms with E-state index in [1.165, 1.54) is 23.1 Å². The second-order valence-electron chi connectivity index (χ2n) is 4.30. The van der Waals surface area contributed by atoms with Crippen molar-refractivity contribution >= 4 is 50.9 Å². The third kappa shape index (κ3) is 4.54. The predicted octanol–water partition coefficient (Wildman–Crippen LogP) is 4.17. The number of anilines is 1. The zero-order valence-corrected chi connectivity index (χ0v) is 13.5. The third-order valence-corrected chi connectivity index (χ3v) is 4.00. The molecule has 0 aliphatic heterocycles. The number of aryl methyl sites for hydroxylation is 1. The number of halogens is 1. The van der Waals surface area contributed by atoms with Gasteiger partial charge in [-0.15, -0.1) is 11.3 Å². The molecule has 0 saturated heterocycles. The van der Waals surface area contributed by atoms with Crippen LogP contribution in [0.25, 0.3) is 6.08 Å². The Bertz CT molecular complexity index is 721. The van der Waals surface area contributed by atoms with Crippen molar-refractivity contribution in [1.82, 2.24) is 0 Å². The number of thiophene rings is 1. The average molecular weight is 366 g/mol. The van der Waals surface area contributed by atoms with Crippen LogP contribution in [-0.4, -0.2) is 17.0 Å². The van der Waals surface area contributed by atoms with Crippen molar-refractivity contribution in [2.45, 2.75) is 6.92 Å². The van der Waals surface area contributed by atoms with Crippen LogP contribution in [0, 0.1) is 6.92 Å². The molecule has 21 heavy (non-hydrogen) atoms. The first-order valence-corrected chi connectivity index (χ1v) is 7.64. The lowest BCUT2D eigenvalue weighted by atomic mass is 10.2. The van der Waals surface area contributed by atoms with E-state index in [1.807, 2.05) is 19.1 Å². The first-order valence-electron chi connectivity index (χ1n) is 6.03. The minimum Gasteiger partial charge on any atom is -0.478 e. The van der Waals surface area contributed by atoms with Crippen molar-refractivity contribution in [3.8, 4) is 0 Å². The summed E-state index contributed by atoms with van der Waals surface area (Å²) < 4.78 is 0.593. The molecule has 0 fully saturated rings. The number of aromatic carboxylic acids is 1. The molecule has 1 amide bonds. The molecule has 1 aromatic carbocycles. The summed E-state index contributed by atoms with van der Waals surface area (Å²) >= 11 is 4.81. The standard InChI is InChI=1S/C15H12BrNO3S/c1-9-2-3-13(21-9)4-5-14(18)17-12-7-10(15(19)20)6-11(16)8-12/h2-8H,1H3,(H,17,18)(H,19,20)/b5-4+. The monoisotopic (exact) mass is 365 g/mol. The number of nitrogens with one attached hydrogen (secondary N) is 1. The first kappa shape index (κ1) is 15.5. The summed E-state index contributed by atoms with van der Waals surface area (Å²) in [7, 11) is 0. The lowest BCUT2D eigenvalue weighted by Crippen LogP contribution is -2.08. The molecule has 0 spiro atoms. The van der Waals surface area contributed by atoms with Gasteiger partial charge in [-0.05, 0) is 43.3 Å². The van der Waals surface area contributed by atoms with Gasteiger partial charge < -0.3 is 10.4 Å². The Hall–Kier alpha value is -1.92. The van der Waals surface area contributed by atoms with Crippen LogP contribution in [0.15, 0.2) is 40.9 Å². The Kier molecular flexibility index (Phi) is 4.93. The van der Waals surface area contributed by atoms with Crippen molar-refractivity contribution in [2.24, 2.45) is 0 Å². The fraction of sp³-hybridized carbons (Fsp3) is 0.0667. The zero-order chi connectivity index (χ0) is 15.4. The van der Waals surface area contributed by atoms with E-state index >= 15 is 0 Å². The molecule has 2 N–H and O–H groups in total. The Labute approximate surface area is 134 Å². The van der Waals surface area contributed by atoms with Crippen LogP contribution in [0.4, 0.5) is 5.69 Å². The highest BCUT2D eigenvalue weighted by molar-refractivity contribution is 9.10. The van der Waals surface area contributed by atoms with Crippen LogP contribution in [-0.2, 0) is 4.79 Å². The van der Waals surface area contributed by atoms with E-state index in [-0.39, 0.29) is 11.5 Å². The molecule has 108 valence electrons. The fourth-order valence-corrected chi connectivity index (χ4v) is 2.94. The van der Waals surface area contributed by atoms with Gasteiger partial charge in [0, 0.05) is 26.0 Å². The number of amides is 1. The molecule has 2 rings (SSSR count). The van der Waals surface area contributed by atoms with E-state index in [2.05, 4.69) is 21.2 Å². The maximum absolute atomic E-state index is 11.8. The highest BCUT2D eigenvalue weighted by Gasteiger charge is 2.07. The molecule has 2 aromatic rings. The molecule has 6 heteroatoms. The maximum Gasteiger partial charge on any atom is 0.335 e. The fourth-order valence-electron chi connectivity index (χ4n) is 1.67. The number of carbonyl (C=O) groups excluding carboxylic acids is 1. The summed E-state index contributed by atoms with van der Waals surface area (Å²) in [6, 6.07) is 8.45. The molecule has 0 aliphatic rings. The van der Waals surface area contributed by atoms with Crippen molar-refractivity contribution in [3.63, 3.8) is 0 Å². The molecule has 4 nitrogen and oxygen atoms in total. The van der Waals surface area contributed by atoms with E-state index in [0.717, 1.165) is 4.88 Å². The molecule has 1 aromatic heterocycles. The van der Waals surface area contributed by atoms with Gasteiger partial charge >= 0.3 is 5.97 Å². The number of carbonyl (C=O) groups is 2. The van der Waals surface area contributed by atoms with Crippen LogP contribution in [0.2, 0.25) is 0 Å². The number of benzene rings is 1. The summed E-state index contributed by atoms with van der Waals surface area (Å²) in [6.07, 6.45) is 3.15. The van der Waals surface area contributed by atoms with Gasteiger partial charge in [-0.2, -0.15) is 0 Å². The van der Waals surface area contributed by atoms with E-state index in [1.54, 1.807) is 23.5 Å². The van der Waals surface area contributed by atoms with Crippen molar-refractivity contribution in [1.29, 1.82) is 0 Å². The quantitative estimate of drug-likeness (QED) is 0.799. The van der Waals surface area contributed by atoms with Gasteiger partial charge in [0.2, 0.25) is 5.91 Å². The predicted molar refractivity (Wildman–Crippen MR) is 87.8 cm³/mol. The molecular weight excluding hydrogens is 354 g/mol. The highest BCUT2D eigenvalue weighted by atomic mass is 79.9. The number of hydrogen-bond donors (Lipinski definition) is 2. The van der Waals surface area contributed by atoms with Crippen molar-refractivity contribution in [3.05, 3.63) is 56.2 Å². The van der Waals surface area contributed by atoms with Gasteiger partial charge in [-0.3, -0.25) is 4.79 Å². The molecule has 0 unspecified atom stereocenters. The normalized spacial score (nSPS) is 10.8. The second kappa shape index (κ2) is 6.69. The van der Waals surface area contributed by atoms with E-state index < -0.39 is 5.97 Å². The number of carboxylic acid groups (broad SMARTS) is 1. The minimum atomic E-state index is -1.04. The summed E-state index contributed by atoms with van der Waals surface area (Å²) in [6.45, 7) is 2.00. The van der Waals surface area contributed by atoms with Gasteiger partial charge in [-0.25, -0.2) is 4.79 Å². The van der Waals surface area contributed by atoms with Gasteiger partial charge in [0.25, 0.3) is 0 Å². The first-order chi connectivity index (χ1) is 9.94. The lowest BCUT2D eigenvalue weighted by molar-refractivity contribution is -0.111. The van der Waals surface area contributed by atoms with E-state index in [9.17, 15) is 9.59 Å². The molecule has 0 radical (unpaired) electrons. The molecule has 0 saturated carbocycles. The van der Waals surface area contributed by atoms with Gasteiger partial charge in [0.15, 0.2) is 0 Å². The number of rotatable bonds is 4. The number of hydrogen-bond acceptors (Lipinski definition) is 3. The Balaban J connectivity index is 2.09.